The normalized spacial score (nSPS) is 10.3. The van der Waals surface area contributed by atoms with Crippen molar-refractivity contribution in [3.05, 3.63) is 28.8 Å². The van der Waals surface area contributed by atoms with E-state index in [2.05, 4.69) is 10.6 Å². The molecule has 0 aliphatic heterocycles. The van der Waals surface area contributed by atoms with E-state index in [-0.39, 0.29) is 12.5 Å². The van der Waals surface area contributed by atoms with Gasteiger partial charge < -0.3 is 15.4 Å². The Bertz CT molecular complexity index is 363. The van der Waals surface area contributed by atoms with Crippen LogP contribution in [-0.4, -0.2) is 32.7 Å². The zero-order chi connectivity index (χ0) is 12.7. The lowest BCUT2D eigenvalue weighted by molar-refractivity contribution is -0.115. The molecule has 0 aromatic heterocycles. The fraction of sp³-hybridized carbons (Fsp3) is 0.417. The van der Waals surface area contributed by atoms with Crippen LogP contribution in [0.5, 0.6) is 0 Å². The Morgan fingerprint density at radius 2 is 2.24 bits per heavy atom. The fourth-order valence-corrected chi connectivity index (χ4v) is 1.62. The van der Waals surface area contributed by atoms with Gasteiger partial charge in [0.2, 0.25) is 5.91 Å². The topological polar surface area (TPSA) is 50.4 Å². The zero-order valence-electron chi connectivity index (χ0n) is 10.0. The van der Waals surface area contributed by atoms with Gasteiger partial charge in [-0.2, -0.15) is 0 Å². The number of aryl methyl sites for hydroxylation is 1. The average molecular weight is 257 g/mol. The number of anilines is 1. The molecule has 0 bridgehead atoms. The molecule has 1 aromatic rings. The predicted octanol–water partition coefficient (Wildman–Crippen LogP) is 1.82. The molecule has 17 heavy (non-hydrogen) atoms. The van der Waals surface area contributed by atoms with Crippen LogP contribution in [0.15, 0.2) is 18.2 Å². The summed E-state index contributed by atoms with van der Waals surface area (Å²) in [6.45, 7) is 3.37. The van der Waals surface area contributed by atoms with Crippen LogP contribution in [-0.2, 0) is 9.53 Å². The molecule has 1 aromatic carbocycles. The van der Waals surface area contributed by atoms with Crippen molar-refractivity contribution < 1.29 is 9.53 Å². The van der Waals surface area contributed by atoms with Gasteiger partial charge in [-0.15, -0.1) is 0 Å². The number of carbonyl (C=O) groups is 1. The maximum absolute atomic E-state index is 11.6. The molecule has 0 heterocycles. The Labute approximate surface area is 106 Å². The Hall–Kier alpha value is -1.10. The Balaban J connectivity index is 2.45. The van der Waals surface area contributed by atoms with E-state index in [4.69, 9.17) is 16.3 Å². The standard InChI is InChI=1S/C12H17ClN2O2/c1-9-4-3-5-10(13)12(9)15-11(16)8-14-6-7-17-2/h3-5,14H,6-8H2,1-2H3,(H,15,16). The number of benzene rings is 1. The predicted molar refractivity (Wildman–Crippen MR) is 69.6 cm³/mol. The first-order valence-corrected chi connectivity index (χ1v) is 5.77. The smallest absolute Gasteiger partial charge is 0.238 e. The molecule has 1 amide bonds. The third kappa shape index (κ3) is 4.73. The van der Waals surface area contributed by atoms with Crippen LogP contribution in [0.1, 0.15) is 5.56 Å². The van der Waals surface area contributed by atoms with Gasteiger partial charge in [-0.05, 0) is 18.6 Å². The number of amides is 1. The number of nitrogens with one attached hydrogen (secondary N) is 2. The first kappa shape index (κ1) is 14.0. The molecule has 0 fully saturated rings. The molecule has 0 saturated carbocycles. The van der Waals surface area contributed by atoms with Gasteiger partial charge in [-0.25, -0.2) is 0 Å². The molecule has 94 valence electrons. The van der Waals surface area contributed by atoms with Crippen LogP contribution in [0.2, 0.25) is 5.02 Å². The Kier molecular flexibility index (Phi) is 5.97. The molecule has 0 atom stereocenters. The van der Waals surface area contributed by atoms with Gasteiger partial charge >= 0.3 is 0 Å². The van der Waals surface area contributed by atoms with E-state index in [1.165, 1.54) is 0 Å². The summed E-state index contributed by atoms with van der Waals surface area (Å²) in [6, 6.07) is 5.51. The summed E-state index contributed by atoms with van der Waals surface area (Å²) in [7, 11) is 1.62. The van der Waals surface area contributed by atoms with Gasteiger partial charge in [0.25, 0.3) is 0 Å². The van der Waals surface area contributed by atoms with Crippen molar-refractivity contribution in [3.8, 4) is 0 Å². The maximum Gasteiger partial charge on any atom is 0.238 e. The van der Waals surface area contributed by atoms with Gasteiger partial charge in [0.05, 0.1) is 23.9 Å². The summed E-state index contributed by atoms with van der Waals surface area (Å²) in [6.07, 6.45) is 0. The third-order valence-corrected chi connectivity index (χ3v) is 2.57. The van der Waals surface area contributed by atoms with Gasteiger partial charge in [0.1, 0.15) is 0 Å². The lowest BCUT2D eigenvalue weighted by Crippen LogP contribution is -2.30. The molecule has 0 saturated heterocycles. The highest BCUT2D eigenvalue weighted by Gasteiger charge is 2.07. The lowest BCUT2D eigenvalue weighted by atomic mass is 10.2. The summed E-state index contributed by atoms with van der Waals surface area (Å²) in [4.78, 5) is 11.6. The SMILES string of the molecule is COCCNCC(=O)Nc1c(C)cccc1Cl. The average Bonchev–Trinajstić information content (AvgIpc) is 2.30. The molecule has 4 nitrogen and oxygen atoms in total. The van der Waals surface area contributed by atoms with E-state index in [9.17, 15) is 4.79 Å². The summed E-state index contributed by atoms with van der Waals surface area (Å²) in [5, 5.41) is 6.30. The molecule has 1 rings (SSSR count). The number of ether oxygens (including phenoxy) is 1. The largest absolute Gasteiger partial charge is 0.383 e. The zero-order valence-corrected chi connectivity index (χ0v) is 10.8. The van der Waals surface area contributed by atoms with Crippen LogP contribution in [0.4, 0.5) is 5.69 Å². The molecule has 0 radical (unpaired) electrons. The van der Waals surface area contributed by atoms with E-state index in [1.54, 1.807) is 13.2 Å². The van der Waals surface area contributed by atoms with Crippen molar-refractivity contribution in [2.45, 2.75) is 6.92 Å². The number of hydrogen-bond acceptors (Lipinski definition) is 3. The van der Waals surface area contributed by atoms with Crippen LogP contribution < -0.4 is 10.6 Å². The molecular formula is C12H17ClN2O2. The van der Waals surface area contributed by atoms with Crippen molar-refractivity contribution in [1.82, 2.24) is 5.32 Å². The van der Waals surface area contributed by atoms with E-state index >= 15 is 0 Å². The fourth-order valence-electron chi connectivity index (χ4n) is 1.35. The van der Waals surface area contributed by atoms with Crippen molar-refractivity contribution in [3.63, 3.8) is 0 Å². The highest BCUT2D eigenvalue weighted by Crippen LogP contribution is 2.24. The van der Waals surface area contributed by atoms with Crippen LogP contribution in [0, 0.1) is 6.92 Å². The number of carbonyl (C=O) groups excluding carboxylic acids is 1. The number of hydrogen-bond donors (Lipinski definition) is 2. The molecule has 0 spiro atoms. The molecule has 0 aliphatic rings. The van der Waals surface area contributed by atoms with Crippen LogP contribution >= 0.6 is 11.6 Å². The molecule has 0 unspecified atom stereocenters. The molecule has 0 aliphatic carbocycles. The van der Waals surface area contributed by atoms with E-state index < -0.39 is 0 Å². The second-order valence-corrected chi connectivity index (χ2v) is 4.06. The number of halogens is 1. The first-order valence-electron chi connectivity index (χ1n) is 5.39. The second kappa shape index (κ2) is 7.27. The number of rotatable bonds is 6. The van der Waals surface area contributed by atoms with Crippen LogP contribution in [0.25, 0.3) is 0 Å². The van der Waals surface area contributed by atoms with Crippen molar-refractivity contribution in [1.29, 1.82) is 0 Å². The Morgan fingerprint density at radius 3 is 2.88 bits per heavy atom. The summed E-state index contributed by atoms with van der Waals surface area (Å²) in [5.41, 5.74) is 1.62. The lowest BCUT2D eigenvalue weighted by Gasteiger charge is -2.10. The highest BCUT2D eigenvalue weighted by atomic mass is 35.5. The first-order chi connectivity index (χ1) is 8.15. The van der Waals surface area contributed by atoms with Gasteiger partial charge in [0, 0.05) is 13.7 Å². The summed E-state index contributed by atoms with van der Waals surface area (Å²) >= 11 is 6.00. The van der Waals surface area contributed by atoms with Gasteiger partial charge in [-0.3, -0.25) is 4.79 Å². The van der Waals surface area contributed by atoms with Gasteiger partial charge in [0.15, 0.2) is 0 Å². The van der Waals surface area contributed by atoms with E-state index in [0.29, 0.717) is 23.9 Å². The van der Waals surface area contributed by atoms with E-state index in [1.807, 2.05) is 19.1 Å². The monoisotopic (exact) mass is 256 g/mol. The van der Waals surface area contributed by atoms with Crippen molar-refractivity contribution in [2.75, 3.05) is 32.1 Å². The summed E-state index contributed by atoms with van der Waals surface area (Å²) in [5.74, 6) is -0.114. The van der Waals surface area contributed by atoms with Crippen molar-refractivity contribution >= 4 is 23.2 Å². The minimum atomic E-state index is -0.114. The summed E-state index contributed by atoms with van der Waals surface area (Å²) < 4.78 is 4.86. The second-order valence-electron chi connectivity index (χ2n) is 3.65. The Morgan fingerprint density at radius 1 is 1.47 bits per heavy atom. The third-order valence-electron chi connectivity index (χ3n) is 2.25. The maximum atomic E-state index is 11.6. The highest BCUT2D eigenvalue weighted by molar-refractivity contribution is 6.33. The quantitative estimate of drug-likeness (QED) is 0.764. The minimum Gasteiger partial charge on any atom is -0.383 e. The van der Waals surface area contributed by atoms with Crippen LogP contribution in [0.3, 0.4) is 0 Å². The minimum absolute atomic E-state index is 0.114. The van der Waals surface area contributed by atoms with Crippen molar-refractivity contribution in [2.24, 2.45) is 0 Å². The number of para-hydroxylation sites is 1. The van der Waals surface area contributed by atoms with E-state index in [0.717, 1.165) is 5.56 Å². The molecular weight excluding hydrogens is 240 g/mol. The number of methoxy groups -OCH3 is 1. The van der Waals surface area contributed by atoms with Gasteiger partial charge in [-0.1, -0.05) is 23.7 Å². The molecule has 5 heteroatoms. The molecule has 2 N–H and O–H groups in total.